The summed E-state index contributed by atoms with van der Waals surface area (Å²) in [6.45, 7) is 2.16. The quantitative estimate of drug-likeness (QED) is 0.131. The summed E-state index contributed by atoms with van der Waals surface area (Å²) >= 11 is 0. The van der Waals surface area contributed by atoms with Crippen LogP contribution < -0.4 is 10.6 Å². The predicted octanol–water partition coefficient (Wildman–Crippen LogP) is -2.73. The molecule has 0 saturated carbocycles. The molecule has 0 heterocycles. The SMILES string of the molecule is CC(CCCO)(N=NC(C)(CCCO)C(=O)NC(O)O)C(=O)NC(O)O. The molecule has 0 radical (unpaired) electrons. The highest BCUT2D eigenvalue weighted by molar-refractivity contribution is 5.87. The minimum atomic E-state index is -2.13. The van der Waals surface area contributed by atoms with E-state index in [0.29, 0.717) is 0 Å². The molecule has 0 aromatic heterocycles. The number of aliphatic hydroxyl groups excluding tert-OH is 4. The minimum Gasteiger partial charge on any atom is -0.396 e. The van der Waals surface area contributed by atoms with E-state index in [2.05, 4.69) is 10.2 Å². The van der Waals surface area contributed by atoms with Crippen molar-refractivity contribution >= 4 is 11.8 Å². The molecule has 0 aliphatic rings. The molecule has 8 N–H and O–H groups in total. The number of aliphatic hydroxyl groups is 6. The molecule has 2 unspecified atom stereocenters. The Morgan fingerprint density at radius 2 is 1.12 bits per heavy atom. The lowest BCUT2D eigenvalue weighted by Crippen LogP contribution is -2.49. The average Bonchev–Trinajstić information content (AvgIpc) is 2.55. The van der Waals surface area contributed by atoms with Gasteiger partial charge in [0.05, 0.1) is 0 Å². The molecule has 0 aliphatic carbocycles. The van der Waals surface area contributed by atoms with E-state index < -0.39 is 35.7 Å². The highest BCUT2D eigenvalue weighted by Gasteiger charge is 2.38. The van der Waals surface area contributed by atoms with E-state index >= 15 is 0 Å². The Morgan fingerprint density at radius 1 is 0.808 bits per heavy atom. The Labute approximate surface area is 150 Å². The van der Waals surface area contributed by atoms with Gasteiger partial charge in [-0.3, -0.25) is 9.59 Å². The Bertz CT molecular complexity index is 446. The molecular formula is C14H28N4O8. The Hall–Kier alpha value is -1.70. The molecule has 0 aromatic carbocycles. The lowest BCUT2D eigenvalue weighted by atomic mass is 9.94. The summed E-state index contributed by atoms with van der Waals surface area (Å²) in [5, 5.41) is 65.0. The molecule has 0 spiro atoms. The molecule has 0 bridgehead atoms. The van der Waals surface area contributed by atoms with Gasteiger partial charge in [-0.1, -0.05) is 0 Å². The molecule has 12 nitrogen and oxygen atoms in total. The average molecular weight is 380 g/mol. The number of nitrogens with one attached hydrogen (secondary N) is 2. The minimum absolute atomic E-state index is 0.00806. The van der Waals surface area contributed by atoms with E-state index in [-0.39, 0.29) is 38.9 Å². The van der Waals surface area contributed by atoms with E-state index in [1.807, 2.05) is 10.6 Å². The first-order valence-corrected chi connectivity index (χ1v) is 8.01. The Morgan fingerprint density at radius 3 is 1.35 bits per heavy atom. The highest BCUT2D eigenvalue weighted by atomic mass is 16.5. The van der Waals surface area contributed by atoms with Gasteiger partial charge in [-0.2, -0.15) is 10.2 Å². The second-order valence-electron chi connectivity index (χ2n) is 6.10. The first-order valence-electron chi connectivity index (χ1n) is 8.01. The van der Waals surface area contributed by atoms with Crippen LogP contribution in [0.5, 0.6) is 0 Å². The highest BCUT2D eigenvalue weighted by Crippen LogP contribution is 2.25. The van der Waals surface area contributed by atoms with Crippen molar-refractivity contribution in [2.75, 3.05) is 13.2 Å². The van der Waals surface area contributed by atoms with E-state index in [4.69, 9.17) is 30.6 Å². The molecule has 0 aromatic rings. The van der Waals surface area contributed by atoms with Crippen molar-refractivity contribution in [2.24, 2.45) is 10.2 Å². The number of amides is 2. The van der Waals surface area contributed by atoms with Gasteiger partial charge in [-0.15, -0.1) is 0 Å². The van der Waals surface area contributed by atoms with E-state index in [0.717, 1.165) is 0 Å². The van der Waals surface area contributed by atoms with Gasteiger partial charge in [-0.05, 0) is 39.5 Å². The van der Waals surface area contributed by atoms with Gasteiger partial charge in [0.2, 0.25) is 12.8 Å². The van der Waals surface area contributed by atoms with Crippen molar-refractivity contribution in [2.45, 2.75) is 63.4 Å². The fourth-order valence-corrected chi connectivity index (χ4v) is 2.03. The van der Waals surface area contributed by atoms with E-state index in [9.17, 15) is 9.59 Å². The number of rotatable bonds is 12. The van der Waals surface area contributed by atoms with E-state index in [1.165, 1.54) is 13.8 Å². The van der Waals surface area contributed by atoms with Gasteiger partial charge in [0, 0.05) is 13.2 Å². The molecule has 2 atom stereocenters. The lowest BCUT2D eigenvalue weighted by molar-refractivity contribution is -0.142. The van der Waals surface area contributed by atoms with Crippen LogP contribution in [0.3, 0.4) is 0 Å². The van der Waals surface area contributed by atoms with Crippen LogP contribution in [0.25, 0.3) is 0 Å². The maximum Gasteiger partial charge on any atom is 0.253 e. The predicted molar refractivity (Wildman–Crippen MR) is 87.0 cm³/mol. The summed E-state index contributed by atoms with van der Waals surface area (Å²) in [6, 6.07) is 0. The zero-order valence-electron chi connectivity index (χ0n) is 14.8. The topological polar surface area (TPSA) is 204 Å². The van der Waals surface area contributed by atoms with Crippen LogP contribution in [-0.2, 0) is 9.59 Å². The standard InChI is InChI=1S/C14H28N4O8/c1-13(5-3-7-19,9(21)15-11(23)24)17-18-14(2,6-4-8-20)10(22)16-12(25)26/h11-12,19-20,23-26H,3-8H2,1-2H3,(H,15,21)(H,16,22). The first kappa shape index (κ1) is 24.3. The van der Waals surface area contributed by atoms with Gasteiger partial charge >= 0.3 is 0 Å². The summed E-state index contributed by atoms with van der Waals surface area (Å²) < 4.78 is 0. The second kappa shape index (κ2) is 11.1. The van der Waals surface area contributed by atoms with Crippen LogP contribution in [0.15, 0.2) is 10.2 Å². The Kier molecular flexibility index (Phi) is 10.4. The van der Waals surface area contributed by atoms with Crippen LogP contribution in [0.4, 0.5) is 0 Å². The molecule has 152 valence electrons. The van der Waals surface area contributed by atoms with Crippen LogP contribution in [-0.4, -0.2) is 79.6 Å². The molecule has 2 amide bonds. The van der Waals surface area contributed by atoms with Crippen LogP contribution >= 0.6 is 0 Å². The number of carbonyl (C=O) groups excluding carboxylic acids is 2. The number of hydrogen-bond donors (Lipinski definition) is 8. The molecular weight excluding hydrogens is 352 g/mol. The molecule has 0 rings (SSSR count). The molecule has 0 fully saturated rings. The fourth-order valence-electron chi connectivity index (χ4n) is 2.03. The van der Waals surface area contributed by atoms with Crippen molar-refractivity contribution in [3.05, 3.63) is 0 Å². The van der Waals surface area contributed by atoms with Crippen LogP contribution in [0, 0.1) is 0 Å². The van der Waals surface area contributed by atoms with Gasteiger partial charge in [-0.25, -0.2) is 0 Å². The number of carbonyl (C=O) groups is 2. The second-order valence-corrected chi connectivity index (χ2v) is 6.10. The van der Waals surface area contributed by atoms with Crippen molar-refractivity contribution in [1.29, 1.82) is 0 Å². The van der Waals surface area contributed by atoms with Crippen LogP contribution in [0.1, 0.15) is 39.5 Å². The third-order valence-electron chi connectivity index (χ3n) is 3.63. The van der Waals surface area contributed by atoms with E-state index in [1.54, 1.807) is 0 Å². The molecule has 0 aliphatic heterocycles. The van der Waals surface area contributed by atoms with Gasteiger partial charge in [0.1, 0.15) is 0 Å². The zero-order chi connectivity index (χ0) is 20.4. The fraction of sp³-hybridized carbons (Fsp3) is 0.857. The third kappa shape index (κ3) is 8.12. The molecule has 12 heteroatoms. The summed E-state index contributed by atoms with van der Waals surface area (Å²) in [5.74, 6) is -1.78. The van der Waals surface area contributed by atoms with Crippen LogP contribution in [0.2, 0.25) is 0 Å². The van der Waals surface area contributed by atoms with Crippen molar-refractivity contribution in [1.82, 2.24) is 10.6 Å². The summed E-state index contributed by atoms with van der Waals surface area (Å²) in [4.78, 5) is 24.3. The van der Waals surface area contributed by atoms with Gasteiger partial charge in [0.15, 0.2) is 11.1 Å². The van der Waals surface area contributed by atoms with Gasteiger partial charge < -0.3 is 41.3 Å². The smallest absolute Gasteiger partial charge is 0.253 e. The monoisotopic (exact) mass is 380 g/mol. The first-order chi connectivity index (χ1) is 12.0. The number of hydrogen-bond acceptors (Lipinski definition) is 10. The summed E-state index contributed by atoms with van der Waals surface area (Å²) in [7, 11) is 0. The number of nitrogens with zero attached hydrogens (tertiary/aromatic N) is 2. The summed E-state index contributed by atoms with van der Waals surface area (Å²) in [6.07, 6.45) is -3.96. The number of azo groups is 1. The Balaban J connectivity index is 5.62. The zero-order valence-corrected chi connectivity index (χ0v) is 14.8. The molecule has 26 heavy (non-hydrogen) atoms. The largest absolute Gasteiger partial charge is 0.396 e. The molecule has 0 saturated heterocycles. The van der Waals surface area contributed by atoms with Crippen molar-refractivity contribution in [3.63, 3.8) is 0 Å². The maximum absolute atomic E-state index is 12.2. The normalized spacial score (nSPS) is 16.5. The van der Waals surface area contributed by atoms with Gasteiger partial charge in [0.25, 0.3) is 11.8 Å². The summed E-state index contributed by atoms with van der Waals surface area (Å²) in [5.41, 5.74) is -3.24. The maximum atomic E-state index is 12.2. The third-order valence-corrected chi connectivity index (χ3v) is 3.63. The lowest BCUT2D eigenvalue weighted by Gasteiger charge is -2.27. The van der Waals surface area contributed by atoms with Crippen molar-refractivity contribution in [3.8, 4) is 0 Å². The van der Waals surface area contributed by atoms with Crippen molar-refractivity contribution < 1.29 is 40.2 Å².